The molecule has 7 nitrogen and oxygen atoms in total. The molecule has 0 saturated heterocycles. The minimum absolute atomic E-state index is 0.133. The van der Waals surface area contributed by atoms with E-state index in [4.69, 9.17) is 20.4 Å². The quantitative estimate of drug-likeness (QED) is 0.293. The second kappa shape index (κ2) is 9.76. The van der Waals surface area contributed by atoms with Crippen LogP contribution in [0.1, 0.15) is 11.4 Å². The van der Waals surface area contributed by atoms with Gasteiger partial charge in [-0.25, -0.2) is 0 Å². The van der Waals surface area contributed by atoms with Crippen molar-refractivity contribution < 1.29 is 20.4 Å². The molecule has 0 aromatic carbocycles. The van der Waals surface area contributed by atoms with E-state index in [0.29, 0.717) is 13.1 Å². The van der Waals surface area contributed by atoms with Gasteiger partial charge in [-0.15, -0.1) is 0 Å². The lowest BCUT2D eigenvalue weighted by Crippen LogP contribution is -2.36. The molecule has 1 rings (SSSR count). The number of hydrogen-bond acceptors (Lipinski definition) is 7. The Labute approximate surface area is 118 Å². The highest BCUT2D eigenvalue weighted by Crippen LogP contribution is 2.00. The topological polar surface area (TPSA) is 118 Å². The minimum Gasteiger partial charge on any atom is -0.395 e. The number of nitrogens with one attached hydrogen (secondary N) is 2. The number of pyridine rings is 1. The lowest BCUT2D eigenvalue weighted by Gasteiger charge is -2.14. The first-order valence-electron chi connectivity index (χ1n) is 6.58. The lowest BCUT2D eigenvalue weighted by atomic mass is 10.2. The van der Waals surface area contributed by atoms with E-state index in [9.17, 15) is 0 Å². The molecule has 20 heavy (non-hydrogen) atoms. The standard InChI is InChI=1S/C13H23N3O4/c17-6-12(7-18)14-4-10-2-1-3-11(16-10)5-15-13(8-19)9-20/h1-3,12-15,17-20H,4-9H2. The van der Waals surface area contributed by atoms with Gasteiger partial charge in [0.2, 0.25) is 0 Å². The maximum atomic E-state index is 8.96. The fraction of sp³-hybridized carbons (Fsp3) is 0.615. The van der Waals surface area contributed by atoms with Gasteiger partial charge in [-0.3, -0.25) is 4.98 Å². The van der Waals surface area contributed by atoms with Crippen LogP contribution in [0.15, 0.2) is 18.2 Å². The molecule has 0 spiro atoms. The molecule has 0 aliphatic heterocycles. The fourth-order valence-corrected chi connectivity index (χ4v) is 1.60. The summed E-state index contributed by atoms with van der Waals surface area (Å²) in [6, 6.07) is 4.84. The Morgan fingerprint density at radius 2 is 1.20 bits per heavy atom. The highest BCUT2D eigenvalue weighted by molar-refractivity contribution is 5.11. The van der Waals surface area contributed by atoms with E-state index in [1.807, 2.05) is 18.2 Å². The first-order valence-corrected chi connectivity index (χ1v) is 6.58. The predicted molar refractivity (Wildman–Crippen MR) is 73.8 cm³/mol. The van der Waals surface area contributed by atoms with Gasteiger partial charge >= 0.3 is 0 Å². The van der Waals surface area contributed by atoms with Gasteiger partial charge in [0.1, 0.15) is 0 Å². The number of aliphatic hydroxyl groups excluding tert-OH is 4. The molecule has 0 unspecified atom stereocenters. The van der Waals surface area contributed by atoms with Gasteiger partial charge in [-0.1, -0.05) is 6.07 Å². The number of aromatic nitrogens is 1. The summed E-state index contributed by atoms with van der Waals surface area (Å²) in [7, 11) is 0. The lowest BCUT2D eigenvalue weighted by molar-refractivity contribution is 0.169. The predicted octanol–water partition coefficient (Wildman–Crippen LogP) is -2.03. The smallest absolute Gasteiger partial charge is 0.0607 e. The monoisotopic (exact) mass is 285 g/mol. The van der Waals surface area contributed by atoms with Gasteiger partial charge in [0.05, 0.1) is 49.9 Å². The molecule has 0 amide bonds. The van der Waals surface area contributed by atoms with Crippen LogP contribution < -0.4 is 10.6 Å². The molecule has 0 aliphatic rings. The van der Waals surface area contributed by atoms with Crippen LogP contribution >= 0.6 is 0 Å². The van der Waals surface area contributed by atoms with Crippen molar-refractivity contribution in [3.8, 4) is 0 Å². The molecule has 0 radical (unpaired) electrons. The molecule has 0 fully saturated rings. The van der Waals surface area contributed by atoms with Crippen LogP contribution in [-0.4, -0.2) is 63.9 Å². The molecular formula is C13H23N3O4. The van der Waals surface area contributed by atoms with E-state index in [2.05, 4.69) is 15.6 Å². The van der Waals surface area contributed by atoms with E-state index in [0.717, 1.165) is 11.4 Å². The number of rotatable bonds is 10. The van der Waals surface area contributed by atoms with E-state index >= 15 is 0 Å². The molecule has 0 atom stereocenters. The van der Waals surface area contributed by atoms with Crippen molar-refractivity contribution in [3.63, 3.8) is 0 Å². The molecule has 1 aromatic heterocycles. The third-order valence-corrected chi connectivity index (χ3v) is 2.89. The Hall–Kier alpha value is -1.09. The first kappa shape index (κ1) is 17.0. The second-order valence-electron chi connectivity index (χ2n) is 4.51. The highest BCUT2D eigenvalue weighted by atomic mass is 16.3. The number of aliphatic hydroxyl groups is 4. The van der Waals surface area contributed by atoms with Crippen molar-refractivity contribution in [1.82, 2.24) is 15.6 Å². The summed E-state index contributed by atoms with van der Waals surface area (Å²) in [4.78, 5) is 4.40. The van der Waals surface area contributed by atoms with Gasteiger partial charge in [-0.2, -0.15) is 0 Å². The summed E-state index contributed by atoms with van der Waals surface area (Å²) in [5.74, 6) is 0. The summed E-state index contributed by atoms with van der Waals surface area (Å²) >= 11 is 0. The third-order valence-electron chi connectivity index (χ3n) is 2.89. The second-order valence-corrected chi connectivity index (χ2v) is 4.51. The van der Waals surface area contributed by atoms with Crippen molar-refractivity contribution in [1.29, 1.82) is 0 Å². The molecule has 1 aromatic rings. The fourth-order valence-electron chi connectivity index (χ4n) is 1.60. The van der Waals surface area contributed by atoms with Gasteiger partial charge in [-0.05, 0) is 12.1 Å². The molecule has 7 heteroatoms. The highest BCUT2D eigenvalue weighted by Gasteiger charge is 2.07. The molecule has 0 bridgehead atoms. The summed E-state index contributed by atoms with van der Waals surface area (Å²) in [6.07, 6.45) is 0. The zero-order chi connectivity index (χ0) is 14.8. The summed E-state index contributed by atoms with van der Waals surface area (Å²) in [5, 5.41) is 41.8. The van der Waals surface area contributed by atoms with Crippen molar-refractivity contribution >= 4 is 0 Å². The Morgan fingerprint density at radius 1 is 0.800 bits per heavy atom. The molecular weight excluding hydrogens is 262 g/mol. The van der Waals surface area contributed by atoms with E-state index < -0.39 is 0 Å². The zero-order valence-electron chi connectivity index (χ0n) is 11.4. The molecule has 0 aliphatic carbocycles. The van der Waals surface area contributed by atoms with E-state index in [1.165, 1.54) is 0 Å². The number of nitrogens with zero attached hydrogens (tertiary/aromatic N) is 1. The van der Waals surface area contributed by atoms with Gasteiger partial charge < -0.3 is 31.1 Å². The minimum atomic E-state index is -0.355. The van der Waals surface area contributed by atoms with Crippen molar-refractivity contribution in [3.05, 3.63) is 29.6 Å². The maximum Gasteiger partial charge on any atom is 0.0607 e. The van der Waals surface area contributed by atoms with Gasteiger partial charge in [0.25, 0.3) is 0 Å². The normalized spacial score (nSPS) is 11.5. The zero-order valence-corrected chi connectivity index (χ0v) is 11.4. The molecule has 1 heterocycles. The van der Waals surface area contributed by atoms with Crippen LogP contribution in [0, 0.1) is 0 Å². The average molecular weight is 285 g/mol. The SMILES string of the molecule is OCC(CO)NCc1cccc(CNC(CO)CO)n1. The van der Waals surface area contributed by atoms with Crippen molar-refractivity contribution in [2.45, 2.75) is 25.2 Å². The number of hydrogen-bond donors (Lipinski definition) is 6. The first-order chi connectivity index (χ1) is 9.73. The van der Waals surface area contributed by atoms with Crippen LogP contribution in [0.2, 0.25) is 0 Å². The Morgan fingerprint density at radius 3 is 1.55 bits per heavy atom. The Balaban J connectivity index is 2.48. The Bertz CT molecular complexity index is 339. The van der Waals surface area contributed by atoms with Gasteiger partial charge in [0, 0.05) is 13.1 Å². The Kier molecular flexibility index (Phi) is 8.28. The van der Waals surface area contributed by atoms with Crippen molar-refractivity contribution in [2.75, 3.05) is 26.4 Å². The molecule has 6 N–H and O–H groups in total. The van der Waals surface area contributed by atoms with Crippen LogP contribution in [0.4, 0.5) is 0 Å². The van der Waals surface area contributed by atoms with Crippen LogP contribution in [0.5, 0.6) is 0 Å². The van der Waals surface area contributed by atoms with E-state index in [-0.39, 0.29) is 38.5 Å². The van der Waals surface area contributed by atoms with Crippen LogP contribution in [0.3, 0.4) is 0 Å². The van der Waals surface area contributed by atoms with Crippen molar-refractivity contribution in [2.24, 2.45) is 0 Å². The summed E-state index contributed by atoms with van der Waals surface area (Å²) < 4.78 is 0. The van der Waals surface area contributed by atoms with E-state index in [1.54, 1.807) is 0 Å². The third kappa shape index (κ3) is 5.91. The summed E-state index contributed by atoms with van der Waals surface area (Å²) in [5.41, 5.74) is 1.58. The van der Waals surface area contributed by atoms with Crippen LogP contribution in [-0.2, 0) is 13.1 Å². The van der Waals surface area contributed by atoms with Gasteiger partial charge in [0.15, 0.2) is 0 Å². The van der Waals surface area contributed by atoms with Crippen LogP contribution in [0.25, 0.3) is 0 Å². The average Bonchev–Trinajstić information content (AvgIpc) is 2.50. The molecule has 0 saturated carbocycles. The largest absolute Gasteiger partial charge is 0.395 e. The molecule has 114 valence electrons. The maximum absolute atomic E-state index is 8.96. The summed E-state index contributed by atoms with van der Waals surface area (Å²) in [6.45, 7) is 0.365.